The summed E-state index contributed by atoms with van der Waals surface area (Å²) in [6.07, 6.45) is 38.4. The lowest BCUT2D eigenvalue weighted by Crippen LogP contribution is -1.87. The van der Waals surface area contributed by atoms with Gasteiger partial charge in [0, 0.05) is 0 Å². The van der Waals surface area contributed by atoms with Crippen molar-refractivity contribution in [2.24, 2.45) is 0 Å². The van der Waals surface area contributed by atoms with E-state index in [1.165, 1.54) is 134 Å². The molecule has 0 N–H and O–H groups in total. The van der Waals surface area contributed by atoms with E-state index in [-0.39, 0.29) is 0 Å². The quantitative estimate of drug-likeness (QED) is 0.104. The van der Waals surface area contributed by atoms with Crippen molar-refractivity contribution in [2.45, 2.75) is 169 Å². The van der Waals surface area contributed by atoms with E-state index in [1.807, 2.05) is 6.08 Å². The fourth-order valence-corrected chi connectivity index (χ4v) is 4.19. The van der Waals surface area contributed by atoms with Gasteiger partial charge in [0.2, 0.25) is 0 Å². The lowest BCUT2D eigenvalue weighted by molar-refractivity contribution is 0.665. The zero-order valence-corrected chi connectivity index (χ0v) is 26.7. The molecular formula is C38H68. The highest BCUT2D eigenvalue weighted by Gasteiger charge is 1.98. The second-order valence-electron chi connectivity index (χ2n) is 10.8. The Balaban J connectivity index is 0. The van der Waals surface area contributed by atoms with Crippen molar-refractivity contribution in [2.75, 3.05) is 0 Å². The van der Waals surface area contributed by atoms with Crippen LogP contribution in [0.15, 0.2) is 67.3 Å². The van der Waals surface area contributed by atoms with Crippen LogP contribution in [0.1, 0.15) is 175 Å². The minimum absolute atomic E-state index is 0.548. The van der Waals surface area contributed by atoms with Gasteiger partial charge in [0.05, 0.1) is 0 Å². The maximum Gasteiger partial charge on any atom is -0.00104 e. The maximum absolute atomic E-state index is 3.66. The summed E-state index contributed by atoms with van der Waals surface area (Å²) in [7, 11) is 0. The highest BCUT2D eigenvalue weighted by molar-refractivity contribution is 5.22. The third kappa shape index (κ3) is 32.5. The molecule has 0 aliphatic rings. The van der Waals surface area contributed by atoms with Crippen LogP contribution in [0.5, 0.6) is 0 Å². The summed E-state index contributed by atoms with van der Waals surface area (Å²) in [4.78, 5) is 0. The van der Waals surface area contributed by atoms with E-state index in [2.05, 4.69) is 95.8 Å². The minimum atomic E-state index is 0.548. The molecule has 0 fully saturated rings. The summed E-state index contributed by atoms with van der Waals surface area (Å²) in [5, 5.41) is 0. The van der Waals surface area contributed by atoms with Crippen LogP contribution in [0, 0.1) is 0 Å². The van der Waals surface area contributed by atoms with Gasteiger partial charge in [-0.05, 0) is 62.8 Å². The van der Waals surface area contributed by atoms with Gasteiger partial charge in [-0.25, -0.2) is 0 Å². The van der Waals surface area contributed by atoms with Gasteiger partial charge >= 0.3 is 0 Å². The second kappa shape index (κ2) is 35.4. The number of hydrogen-bond acceptors (Lipinski definition) is 0. The molecule has 0 bridgehead atoms. The fourth-order valence-electron chi connectivity index (χ4n) is 4.19. The molecule has 220 valence electrons. The minimum Gasteiger partial charge on any atom is -0.103 e. The Kier molecular flexibility index (Phi) is 36.0. The monoisotopic (exact) mass is 525 g/mol. The molecule has 0 aliphatic heterocycles. The van der Waals surface area contributed by atoms with E-state index in [0.29, 0.717) is 5.92 Å². The van der Waals surface area contributed by atoms with Gasteiger partial charge < -0.3 is 0 Å². The summed E-state index contributed by atoms with van der Waals surface area (Å²) >= 11 is 0. The van der Waals surface area contributed by atoms with Crippen LogP contribution >= 0.6 is 0 Å². The van der Waals surface area contributed by atoms with Gasteiger partial charge in [0.25, 0.3) is 0 Å². The first-order chi connectivity index (χ1) is 18.7. The van der Waals surface area contributed by atoms with E-state index in [0.717, 1.165) is 0 Å². The average molecular weight is 525 g/mol. The third-order valence-corrected chi connectivity index (χ3v) is 6.85. The Morgan fingerprint density at radius 3 is 1.32 bits per heavy atom. The molecule has 1 aromatic carbocycles. The zero-order valence-electron chi connectivity index (χ0n) is 26.7. The molecule has 0 amide bonds. The van der Waals surface area contributed by atoms with E-state index >= 15 is 0 Å². The molecule has 38 heavy (non-hydrogen) atoms. The van der Waals surface area contributed by atoms with E-state index < -0.39 is 0 Å². The lowest BCUT2D eigenvalue weighted by Gasteiger charge is -2.05. The molecule has 0 saturated carbocycles. The van der Waals surface area contributed by atoms with Crippen LogP contribution in [-0.4, -0.2) is 0 Å². The van der Waals surface area contributed by atoms with E-state index in [4.69, 9.17) is 0 Å². The van der Waals surface area contributed by atoms with Crippen LogP contribution in [0.2, 0.25) is 0 Å². The number of allylic oxidation sites excluding steroid dienone is 5. The highest BCUT2D eigenvalue weighted by atomic mass is 14.0. The largest absolute Gasteiger partial charge is 0.103 e. The third-order valence-electron chi connectivity index (χ3n) is 6.85. The zero-order chi connectivity index (χ0) is 28.4. The Morgan fingerprint density at radius 1 is 0.526 bits per heavy atom. The molecule has 0 saturated heterocycles. The Bertz CT molecular complexity index is 580. The molecule has 0 heteroatoms. The maximum atomic E-state index is 3.66. The van der Waals surface area contributed by atoms with Crippen LogP contribution in [0.4, 0.5) is 0 Å². The van der Waals surface area contributed by atoms with Crippen LogP contribution < -0.4 is 0 Å². The lowest BCUT2D eigenvalue weighted by atomic mass is 10.0. The number of benzene rings is 1. The van der Waals surface area contributed by atoms with Crippen LogP contribution in [0.3, 0.4) is 0 Å². The molecule has 1 atom stereocenters. The molecule has 1 unspecified atom stereocenters. The first-order valence-corrected chi connectivity index (χ1v) is 16.6. The van der Waals surface area contributed by atoms with E-state index in [9.17, 15) is 0 Å². The summed E-state index contributed by atoms with van der Waals surface area (Å²) in [6, 6.07) is 10.7. The second-order valence-corrected chi connectivity index (χ2v) is 10.8. The smallest absolute Gasteiger partial charge is 0.00104 e. The highest BCUT2D eigenvalue weighted by Crippen LogP contribution is 2.16. The van der Waals surface area contributed by atoms with Crippen LogP contribution in [-0.2, 0) is 0 Å². The standard InChI is InChI=1S/C16H24.C14H28.C8H16/c1-3-4-5-6-7-9-12-15(2)16-13-10-8-11-14-16;1-3-5-7-9-11-13-14-12-10-8-6-4-2;1-3-5-7-8-6-4-2/h8-15H,3-7H2,1-2H3;13-14H,3-12H2,1-2H3;3H,1,4-8H2,2H3. The van der Waals surface area contributed by atoms with Gasteiger partial charge in [-0.3, -0.25) is 0 Å². The molecular weight excluding hydrogens is 456 g/mol. The average Bonchev–Trinajstić information content (AvgIpc) is 2.95. The van der Waals surface area contributed by atoms with Crippen molar-refractivity contribution in [1.82, 2.24) is 0 Å². The van der Waals surface area contributed by atoms with Gasteiger partial charge in [0.15, 0.2) is 0 Å². The molecule has 0 nitrogen and oxygen atoms in total. The summed E-state index contributed by atoms with van der Waals surface area (Å²) < 4.78 is 0. The number of hydrogen-bond donors (Lipinski definition) is 0. The van der Waals surface area contributed by atoms with Crippen LogP contribution in [0.25, 0.3) is 0 Å². The van der Waals surface area contributed by atoms with Gasteiger partial charge in [-0.2, -0.15) is 0 Å². The Morgan fingerprint density at radius 2 is 0.921 bits per heavy atom. The van der Waals surface area contributed by atoms with Crippen molar-refractivity contribution >= 4 is 0 Å². The fraction of sp³-hybridized carbons (Fsp3) is 0.684. The molecule has 0 spiro atoms. The topological polar surface area (TPSA) is 0 Å². The van der Waals surface area contributed by atoms with Crippen molar-refractivity contribution in [3.05, 3.63) is 72.9 Å². The SMILES string of the molecule is C=CCCCCCC.CCCCCCC=CC(C)c1ccccc1.CCCCCCC=CCCCCCC. The van der Waals surface area contributed by atoms with Gasteiger partial charge in [-0.1, -0.05) is 172 Å². The number of unbranched alkanes of at least 4 members (excludes halogenated alkanes) is 16. The van der Waals surface area contributed by atoms with Gasteiger partial charge in [-0.15, -0.1) is 6.58 Å². The van der Waals surface area contributed by atoms with Crippen molar-refractivity contribution in [3.63, 3.8) is 0 Å². The Labute approximate surface area is 241 Å². The van der Waals surface area contributed by atoms with Crippen molar-refractivity contribution < 1.29 is 0 Å². The Hall–Kier alpha value is -1.56. The van der Waals surface area contributed by atoms with Crippen molar-refractivity contribution in [3.8, 4) is 0 Å². The summed E-state index contributed by atoms with van der Waals surface area (Å²) in [5.41, 5.74) is 1.41. The molecule has 0 aromatic heterocycles. The van der Waals surface area contributed by atoms with Gasteiger partial charge in [0.1, 0.15) is 0 Å². The predicted molar refractivity (Wildman–Crippen MR) is 178 cm³/mol. The first-order valence-electron chi connectivity index (χ1n) is 16.6. The summed E-state index contributed by atoms with van der Waals surface area (Å²) in [6.45, 7) is 14.9. The van der Waals surface area contributed by atoms with E-state index in [1.54, 1.807) is 0 Å². The normalized spacial score (nSPS) is 11.6. The molecule has 1 aromatic rings. The predicted octanol–water partition coefficient (Wildman–Crippen LogP) is 13.9. The summed E-state index contributed by atoms with van der Waals surface area (Å²) in [5.74, 6) is 0.548. The molecule has 0 heterocycles. The molecule has 0 aliphatic carbocycles. The van der Waals surface area contributed by atoms with Crippen molar-refractivity contribution in [1.29, 1.82) is 0 Å². The molecule has 0 radical (unpaired) electrons. The first kappa shape index (κ1) is 38.6. The molecule has 1 rings (SSSR count). The number of rotatable bonds is 22.